The van der Waals surface area contributed by atoms with Gasteiger partial charge in [0.2, 0.25) is 0 Å². The number of hydrogen-bond acceptors (Lipinski definition) is 4. The van der Waals surface area contributed by atoms with Crippen LogP contribution in [0.2, 0.25) is 0 Å². The van der Waals surface area contributed by atoms with E-state index < -0.39 is 0 Å². The highest BCUT2D eigenvalue weighted by Gasteiger charge is 2.34. The van der Waals surface area contributed by atoms with Crippen molar-refractivity contribution in [3.63, 3.8) is 0 Å². The Kier molecular flexibility index (Phi) is 4.99. The number of hydrogen-bond donors (Lipinski definition) is 2. The molecule has 0 aromatic heterocycles. The van der Waals surface area contributed by atoms with E-state index in [2.05, 4.69) is 27.7 Å². The van der Waals surface area contributed by atoms with Crippen molar-refractivity contribution in [2.75, 3.05) is 0 Å². The Hall–Kier alpha value is -2.36. The summed E-state index contributed by atoms with van der Waals surface area (Å²) in [7, 11) is 0. The molecule has 0 radical (unpaired) electrons. The quantitative estimate of drug-likeness (QED) is 0.609. The first-order valence-corrected chi connectivity index (χ1v) is 11.4. The predicted octanol–water partition coefficient (Wildman–Crippen LogP) is 6.13. The van der Waals surface area contributed by atoms with Crippen molar-refractivity contribution >= 4 is 0 Å². The highest BCUT2D eigenvalue weighted by molar-refractivity contribution is 5.64. The van der Waals surface area contributed by atoms with Gasteiger partial charge < -0.3 is 19.7 Å². The lowest BCUT2D eigenvalue weighted by atomic mass is 9.83. The highest BCUT2D eigenvalue weighted by atomic mass is 16.5. The van der Waals surface area contributed by atoms with Gasteiger partial charge in [-0.1, -0.05) is 0 Å². The van der Waals surface area contributed by atoms with Crippen LogP contribution in [0.1, 0.15) is 85.0 Å². The first-order valence-electron chi connectivity index (χ1n) is 11.4. The molecule has 2 N–H and O–H groups in total. The molecule has 4 rings (SSSR count). The van der Waals surface area contributed by atoms with E-state index in [9.17, 15) is 10.2 Å². The Bertz CT molecular complexity index is 991. The summed E-state index contributed by atoms with van der Waals surface area (Å²) in [6.07, 6.45) is 4.08. The summed E-state index contributed by atoms with van der Waals surface area (Å²) in [6, 6.07) is 0. The van der Waals surface area contributed by atoms with E-state index in [-0.39, 0.29) is 11.2 Å². The van der Waals surface area contributed by atoms with Crippen LogP contribution in [-0.2, 0) is 19.3 Å². The van der Waals surface area contributed by atoms with E-state index in [4.69, 9.17) is 9.47 Å². The maximum absolute atomic E-state index is 11.1. The Morgan fingerprint density at radius 2 is 1.00 bits per heavy atom. The number of phenols is 2. The zero-order chi connectivity index (χ0) is 22.9. The molecule has 0 fully saturated rings. The van der Waals surface area contributed by atoms with E-state index in [1.807, 2.05) is 27.7 Å². The first-order chi connectivity index (χ1) is 14.3. The summed E-state index contributed by atoms with van der Waals surface area (Å²) < 4.78 is 12.7. The summed E-state index contributed by atoms with van der Waals surface area (Å²) in [6.45, 7) is 16.4. The molecule has 0 spiro atoms. The summed E-state index contributed by atoms with van der Waals surface area (Å²) in [5, 5.41) is 22.3. The molecule has 0 saturated heterocycles. The van der Waals surface area contributed by atoms with Crippen LogP contribution < -0.4 is 9.47 Å². The molecule has 4 heteroatoms. The largest absolute Gasteiger partial charge is 0.507 e. The van der Waals surface area contributed by atoms with Crippen LogP contribution in [0.3, 0.4) is 0 Å². The Labute approximate surface area is 186 Å². The minimum atomic E-state index is -0.224. The Morgan fingerprint density at radius 3 is 1.35 bits per heavy atom. The zero-order valence-electron chi connectivity index (χ0n) is 20.2. The molecule has 0 bridgehead atoms. The van der Waals surface area contributed by atoms with Crippen molar-refractivity contribution in [3.05, 3.63) is 44.5 Å². The van der Waals surface area contributed by atoms with Gasteiger partial charge in [0.25, 0.3) is 0 Å². The first kappa shape index (κ1) is 21.9. The SMILES string of the molecule is Cc1c(O)c(Cc2c(C)c3c(c(C)c2O)CCC(C)(C)O3)c(C)c2c1CCC(C)(C)O2. The van der Waals surface area contributed by atoms with Crippen LogP contribution in [0, 0.1) is 27.7 Å². The van der Waals surface area contributed by atoms with Crippen molar-refractivity contribution in [1.82, 2.24) is 0 Å². The summed E-state index contributed by atoms with van der Waals surface area (Å²) in [4.78, 5) is 0. The van der Waals surface area contributed by atoms with Crippen molar-refractivity contribution in [1.29, 1.82) is 0 Å². The van der Waals surface area contributed by atoms with Crippen molar-refractivity contribution < 1.29 is 19.7 Å². The zero-order valence-corrected chi connectivity index (χ0v) is 20.2. The standard InChI is InChI=1S/C27H36O4/c1-14-18-9-11-26(5,6)30-24(18)16(3)20(22(14)28)13-21-17(4)25-19(15(2)23(21)29)10-12-27(7,8)31-25/h28-29H,9-13H2,1-8H3. The van der Waals surface area contributed by atoms with Gasteiger partial charge in [-0.05, 0) is 103 Å². The Morgan fingerprint density at radius 1 is 0.645 bits per heavy atom. The molecule has 2 aliphatic rings. The topological polar surface area (TPSA) is 58.9 Å². The van der Waals surface area contributed by atoms with E-state index in [0.29, 0.717) is 17.9 Å². The minimum absolute atomic E-state index is 0.224. The lowest BCUT2D eigenvalue weighted by Crippen LogP contribution is -2.33. The van der Waals surface area contributed by atoms with Gasteiger partial charge in [-0.3, -0.25) is 0 Å². The fourth-order valence-electron chi connectivity index (χ4n) is 5.16. The molecule has 0 atom stereocenters. The van der Waals surface area contributed by atoms with Crippen LogP contribution >= 0.6 is 0 Å². The average molecular weight is 425 g/mol. The minimum Gasteiger partial charge on any atom is -0.507 e. The fraction of sp³-hybridized carbons (Fsp3) is 0.556. The molecule has 0 amide bonds. The lowest BCUT2D eigenvalue weighted by molar-refractivity contribution is 0.0830. The van der Waals surface area contributed by atoms with Gasteiger partial charge in [-0.2, -0.15) is 0 Å². The molecule has 0 saturated carbocycles. The molecule has 2 aromatic rings. The van der Waals surface area contributed by atoms with Gasteiger partial charge in [0.15, 0.2) is 0 Å². The monoisotopic (exact) mass is 424 g/mol. The van der Waals surface area contributed by atoms with Gasteiger partial charge in [0.05, 0.1) is 0 Å². The number of aromatic hydroxyl groups is 2. The number of phenolic OH excluding ortho intramolecular Hbond substituents is 2. The van der Waals surface area contributed by atoms with E-state index >= 15 is 0 Å². The molecule has 31 heavy (non-hydrogen) atoms. The highest BCUT2D eigenvalue weighted by Crippen LogP contribution is 2.47. The normalized spacial score (nSPS) is 18.6. The molecule has 2 aliphatic heterocycles. The van der Waals surface area contributed by atoms with Gasteiger partial charge in [0.1, 0.15) is 34.2 Å². The molecular weight excluding hydrogens is 388 g/mol. The lowest BCUT2D eigenvalue weighted by Gasteiger charge is -2.36. The van der Waals surface area contributed by atoms with Crippen molar-refractivity contribution in [2.24, 2.45) is 0 Å². The summed E-state index contributed by atoms with van der Waals surface area (Å²) in [5.74, 6) is 2.42. The number of fused-ring (bicyclic) bond motifs is 2. The predicted molar refractivity (Wildman–Crippen MR) is 124 cm³/mol. The second kappa shape index (κ2) is 7.08. The van der Waals surface area contributed by atoms with E-state index in [1.165, 1.54) is 0 Å². The van der Waals surface area contributed by atoms with Crippen LogP contribution in [0.25, 0.3) is 0 Å². The maximum atomic E-state index is 11.1. The second-order valence-corrected chi connectivity index (χ2v) is 10.7. The van der Waals surface area contributed by atoms with Crippen LogP contribution in [-0.4, -0.2) is 21.4 Å². The maximum Gasteiger partial charge on any atom is 0.127 e. The number of ether oxygens (including phenoxy) is 2. The second-order valence-electron chi connectivity index (χ2n) is 10.7. The third-order valence-electron chi connectivity index (χ3n) is 7.39. The van der Waals surface area contributed by atoms with Gasteiger partial charge in [-0.25, -0.2) is 0 Å². The van der Waals surface area contributed by atoms with Gasteiger partial charge in [-0.15, -0.1) is 0 Å². The van der Waals surface area contributed by atoms with Crippen molar-refractivity contribution in [2.45, 2.75) is 98.7 Å². The Balaban J connectivity index is 1.86. The molecule has 0 aliphatic carbocycles. The van der Waals surface area contributed by atoms with Crippen LogP contribution in [0.4, 0.5) is 0 Å². The van der Waals surface area contributed by atoms with Gasteiger partial charge >= 0.3 is 0 Å². The third-order valence-corrected chi connectivity index (χ3v) is 7.39. The molecule has 2 heterocycles. The average Bonchev–Trinajstić information content (AvgIpc) is 2.69. The van der Waals surface area contributed by atoms with E-state index in [1.54, 1.807) is 0 Å². The molecule has 4 nitrogen and oxygen atoms in total. The van der Waals surface area contributed by atoms with Gasteiger partial charge in [0, 0.05) is 28.7 Å². The summed E-state index contributed by atoms with van der Waals surface area (Å²) in [5.41, 5.74) is 7.09. The summed E-state index contributed by atoms with van der Waals surface area (Å²) >= 11 is 0. The molecular formula is C27H36O4. The number of rotatable bonds is 2. The van der Waals surface area contributed by atoms with Crippen LogP contribution in [0.15, 0.2) is 0 Å². The third kappa shape index (κ3) is 3.54. The number of benzene rings is 2. The molecule has 168 valence electrons. The molecule has 2 aromatic carbocycles. The fourth-order valence-corrected chi connectivity index (χ4v) is 5.16. The van der Waals surface area contributed by atoms with Crippen LogP contribution in [0.5, 0.6) is 23.0 Å². The molecule has 0 unspecified atom stereocenters. The smallest absolute Gasteiger partial charge is 0.127 e. The van der Waals surface area contributed by atoms with E-state index in [0.717, 1.165) is 81.7 Å². The van der Waals surface area contributed by atoms with Crippen molar-refractivity contribution in [3.8, 4) is 23.0 Å².